The Labute approximate surface area is 98.1 Å². The van der Waals surface area contributed by atoms with Gasteiger partial charge in [-0.2, -0.15) is 0 Å². The van der Waals surface area contributed by atoms with E-state index >= 15 is 0 Å². The van der Waals surface area contributed by atoms with Gasteiger partial charge < -0.3 is 20.1 Å². The van der Waals surface area contributed by atoms with E-state index in [1.54, 1.807) is 0 Å². The molecule has 2 N–H and O–H groups in total. The molecule has 4 heteroatoms. The molecule has 0 radical (unpaired) electrons. The second kappa shape index (κ2) is 5.00. The fourth-order valence-corrected chi connectivity index (χ4v) is 2.55. The van der Waals surface area contributed by atoms with E-state index in [1.807, 2.05) is 7.05 Å². The highest BCUT2D eigenvalue weighted by atomic mass is 16.5. The van der Waals surface area contributed by atoms with Gasteiger partial charge in [0.2, 0.25) is 0 Å². The van der Waals surface area contributed by atoms with Gasteiger partial charge in [0.1, 0.15) is 0 Å². The zero-order chi connectivity index (χ0) is 11.6. The Balaban J connectivity index is 1.82. The van der Waals surface area contributed by atoms with Crippen molar-refractivity contribution in [3.05, 3.63) is 0 Å². The van der Waals surface area contributed by atoms with Crippen molar-refractivity contribution in [1.29, 1.82) is 0 Å². The summed E-state index contributed by atoms with van der Waals surface area (Å²) in [5.41, 5.74) is 0.140. The number of likely N-dealkylation sites (N-methyl/N-ethyl adjacent to an activating group) is 1. The van der Waals surface area contributed by atoms with Crippen molar-refractivity contribution in [3.8, 4) is 0 Å². The summed E-state index contributed by atoms with van der Waals surface area (Å²) in [6, 6.07) is 0.494. The summed E-state index contributed by atoms with van der Waals surface area (Å²) in [6.45, 7) is 8.00. The molecule has 0 aromatic heterocycles. The summed E-state index contributed by atoms with van der Waals surface area (Å²) < 4.78 is 11.1. The molecule has 4 nitrogen and oxygen atoms in total. The number of nitrogens with one attached hydrogen (secondary N) is 2. The highest BCUT2D eigenvalue weighted by Crippen LogP contribution is 2.25. The quantitative estimate of drug-likeness (QED) is 0.730. The molecule has 4 unspecified atom stereocenters. The Morgan fingerprint density at radius 3 is 2.81 bits per heavy atom. The van der Waals surface area contributed by atoms with Gasteiger partial charge >= 0.3 is 0 Å². The summed E-state index contributed by atoms with van der Waals surface area (Å²) in [5.74, 6) is 0.578. The maximum atomic E-state index is 5.63. The van der Waals surface area contributed by atoms with Gasteiger partial charge in [-0.3, -0.25) is 0 Å². The first-order valence-electron chi connectivity index (χ1n) is 6.27. The fraction of sp³-hybridized carbons (Fsp3) is 1.00. The average Bonchev–Trinajstić information content (AvgIpc) is 2.84. The third-order valence-corrected chi connectivity index (χ3v) is 4.22. The summed E-state index contributed by atoms with van der Waals surface area (Å²) in [5, 5.41) is 6.99. The first-order valence-corrected chi connectivity index (χ1v) is 6.27. The molecule has 94 valence electrons. The van der Waals surface area contributed by atoms with E-state index in [2.05, 4.69) is 24.5 Å². The van der Waals surface area contributed by atoms with Crippen LogP contribution >= 0.6 is 0 Å². The van der Waals surface area contributed by atoms with Crippen LogP contribution in [0.3, 0.4) is 0 Å². The fourth-order valence-electron chi connectivity index (χ4n) is 2.55. The maximum Gasteiger partial charge on any atom is 0.0726 e. The third kappa shape index (κ3) is 2.40. The Morgan fingerprint density at radius 2 is 2.19 bits per heavy atom. The van der Waals surface area contributed by atoms with Gasteiger partial charge in [-0.25, -0.2) is 0 Å². The Hall–Kier alpha value is -0.160. The standard InChI is InChI=1S/C12H24N2O2/c1-9-12(2,4-5-16-9)14-6-10-7-15-8-11(10)13-3/h9-11,13-14H,4-8H2,1-3H3. The van der Waals surface area contributed by atoms with Crippen LogP contribution in [0.4, 0.5) is 0 Å². The molecule has 2 saturated heterocycles. The molecule has 2 rings (SSSR count). The molecule has 0 aromatic rings. The van der Waals surface area contributed by atoms with Crippen LogP contribution in [-0.4, -0.2) is 51.1 Å². The summed E-state index contributed by atoms with van der Waals surface area (Å²) in [6.07, 6.45) is 1.41. The first kappa shape index (κ1) is 12.3. The van der Waals surface area contributed by atoms with Crippen LogP contribution in [0.1, 0.15) is 20.3 Å². The largest absolute Gasteiger partial charge is 0.379 e. The van der Waals surface area contributed by atoms with Crippen LogP contribution in [0.5, 0.6) is 0 Å². The number of rotatable bonds is 4. The normalized spacial score (nSPS) is 44.1. The van der Waals surface area contributed by atoms with Crippen molar-refractivity contribution in [2.45, 2.75) is 38.0 Å². The predicted molar refractivity (Wildman–Crippen MR) is 63.6 cm³/mol. The van der Waals surface area contributed by atoms with Crippen molar-refractivity contribution in [2.75, 3.05) is 33.4 Å². The van der Waals surface area contributed by atoms with E-state index in [4.69, 9.17) is 9.47 Å². The van der Waals surface area contributed by atoms with E-state index in [0.29, 0.717) is 18.1 Å². The molecule has 0 aromatic carbocycles. The monoisotopic (exact) mass is 228 g/mol. The lowest BCUT2D eigenvalue weighted by molar-refractivity contribution is 0.0863. The van der Waals surface area contributed by atoms with Crippen LogP contribution < -0.4 is 10.6 Å². The van der Waals surface area contributed by atoms with Crippen molar-refractivity contribution in [2.24, 2.45) is 5.92 Å². The molecule has 4 atom stereocenters. The maximum absolute atomic E-state index is 5.63. The lowest BCUT2D eigenvalue weighted by atomic mass is 9.93. The van der Waals surface area contributed by atoms with Crippen LogP contribution in [0.2, 0.25) is 0 Å². The van der Waals surface area contributed by atoms with Crippen LogP contribution in [0, 0.1) is 5.92 Å². The second-order valence-electron chi connectivity index (χ2n) is 5.25. The van der Waals surface area contributed by atoms with Gasteiger partial charge in [0.05, 0.1) is 19.3 Å². The SMILES string of the molecule is CNC1COCC1CNC1(C)CCOC1C. The number of hydrogen-bond donors (Lipinski definition) is 2. The van der Waals surface area contributed by atoms with E-state index < -0.39 is 0 Å². The summed E-state index contributed by atoms with van der Waals surface area (Å²) >= 11 is 0. The van der Waals surface area contributed by atoms with Gasteiger partial charge in [0.25, 0.3) is 0 Å². The minimum atomic E-state index is 0.140. The molecule has 0 aliphatic carbocycles. The Bertz CT molecular complexity index is 237. The molecular weight excluding hydrogens is 204 g/mol. The molecule has 0 bridgehead atoms. The number of hydrogen-bond acceptors (Lipinski definition) is 4. The van der Waals surface area contributed by atoms with Crippen LogP contribution in [0.15, 0.2) is 0 Å². The second-order valence-corrected chi connectivity index (χ2v) is 5.25. The van der Waals surface area contributed by atoms with E-state index in [1.165, 1.54) is 0 Å². The molecular formula is C12H24N2O2. The highest BCUT2D eigenvalue weighted by Gasteiger charge is 2.38. The molecule has 2 fully saturated rings. The Morgan fingerprint density at radius 1 is 1.38 bits per heavy atom. The van der Waals surface area contributed by atoms with Gasteiger partial charge in [-0.1, -0.05) is 0 Å². The van der Waals surface area contributed by atoms with Gasteiger partial charge in [-0.05, 0) is 27.3 Å². The topological polar surface area (TPSA) is 42.5 Å². The van der Waals surface area contributed by atoms with Crippen LogP contribution in [0.25, 0.3) is 0 Å². The summed E-state index contributed by atoms with van der Waals surface area (Å²) in [4.78, 5) is 0. The van der Waals surface area contributed by atoms with E-state index in [9.17, 15) is 0 Å². The zero-order valence-electron chi connectivity index (χ0n) is 10.6. The molecule has 2 aliphatic rings. The van der Waals surface area contributed by atoms with Crippen molar-refractivity contribution >= 4 is 0 Å². The predicted octanol–water partition coefficient (Wildman–Crippen LogP) is 0.378. The Kier molecular flexibility index (Phi) is 3.85. The van der Waals surface area contributed by atoms with Gasteiger partial charge in [0, 0.05) is 30.7 Å². The third-order valence-electron chi connectivity index (χ3n) is 4.22. The molecule has 2 aliphatic heterocycles. The van der Waals surface area contributed by atoms with Gasteiger partial charge in [-0.15, -0.1) is 0 Å². The van der Waals surface area contributed by atoms with Crippen molar-refractivity contribution in [1.82, 2.24) is 10.6 Å². The molecule has 2 heterocycles. The molecule has 0 saturated carbocycles. The summed E-state index contributed by atoms with van der Waals surface area (Å²) in [7, 11) is 2.01. The van der Waals surface area contributed by atoms with Crippen LogP contribution in [-0.2, 0) is 9.47 Å². The highest BCUT2D eigenvalue weighted by molar-refractivity contribution is 4.95. The zero-order valence-corrected chi connectivity index (χ0v) is 10.6. The minimum absolute atomic E-state index is 0.140. The first-order chi connectivity index (χ1) is 7.65. The lowest BCUT2D eigenvalue weighted by Gasteiger charge is -2.31. The smallest absolute Gasteiger partial charge is 0.0726 e. The van der Waals surface area contributed by atoms with E-state index in [0.717, 1.165) is 32.8 Å². The molecule has 0 spiro atoms. The average molecular weight is 228 g/mol. The van der Waals surface area contributed by atoms with Gasteiger partial charge in [0.15, 0.2) is 0 Å². The molecule has 0 amide bonds. The lowest BCUT2D eigenvalue weighted by Crippen LogP contribution is -2.51. The van der Waals surface area contributed by atoms with E-state index in [-0.39, 0.29) is 5.54 Å². The molecule has 16 heavy (non-hydrogen) atoms. The van der Waals surface area contributed by atoms with Crippen molar-refractivity contribution < 1.29 is 9.47 Å². The van der Waals surface area contributed by atoms with Crippen molar-refractivity contribution in [3.63, 3.8) is 0 Å². The minimum Gasteiger partial charge on any atom is -0.379 e. The number of ether oxygens (including phenoxy) is 2.